The van der Waals surface area contributed by atoms with E-state index in [-0.39, 0.29) is 26.2 Å². The number of nitrogens with one attached hydrogen (secondary N) is 1. The van der Waals surface area contributed by atoms with Crippen LogP contribution in [-0.4, -0.2) is 307 Å². The van der Waals surface area contributed by atoms with Crippen LogP contribution in [0.2, 0.25) is 0 Å². The summed E-state index contributed by atoms with van der Waals surface area (Å²) in [4.78, 5) is 164. The normalized spacial score (nSPS) is 10.8. The first-order valence-electron chi connectivity index (χ1n) is 21.4. The second-order valence-corrected chi connectivity index (χ2v) is 16.2. The van der Waals surface area contributed by atoms with Crippen LogP contribution in [0.4, 0.5) is 0 Å². The fourth-order valence-corrected chi connectivity index (χ4v) is 5.45. The molecule has 0 aromatic rings. The molecule has 0 aliphatic heterocycles. The molecule has 0 fully saturated rings. The molecule has 70 heavy (non-hydrogen) atoms. The number of nitrogens with zero attached hydrogens (tertiary/aromatic N) is 13. The van der Waals surface area contributed by atoms with Gasteiger partial charge in [-0.05, 0) is 12.0 Å². The molecule has 0 saturated heterocycles. The van der Waals surface area contributed by atoms with Gasteiger partial charge in [0.2, 0.25) is 65.0 Å². The second-order valence-electron chi connectivity index (χ2n) is 16.2. The van der Waals surface area contributed by atoms with Crippen LogP contribution in [-0.2, 0) is 67.0 Å². The predicted molar refractivity (Wildman–Crippen MR) is 245 cm³/mol. The lowest BCUT2D eigenvalue weighted by Crippen LogP contribution is -2.51. The van der Waals surface area contributed by atoms with E-state index in [9.17, 15) is 57.5 Å². The average molecular weight is 1000 g/mol. The fraction of sp³-hybridized carbons (Fsp3) is 0.700. The van der Waals surface area contributed by atoms with Crippen LogP contribution in [0.5, 0.6) is 0 Å². The van der Waals surface area contributed by atoms with Crippen LogP contribution in [0.15, 0.2) is 5.11 Å². The van der Waals surface area contributed by atoms with E-state index in [1.54, 1.807) is 0 Å². The van der Waals surface area contributed by atoms with Crippen molar-refractivity contribution in [1.29, 1.82) is 0 Å². The molecule has 0 spiro atoms. The zero-order valence-electron chi connectivity index (χ0n) is 41.7. The molecule has 0 aromatic heterocycles. The summed E-state index contributed by atoms with van der Waals surface area (Å²) in [6.07, 6.45) is -0.0845. The van der Waals surface area contributed by atoms with Gasteiger partial charge in [0.25, 0.3) is 0 Å². The SMILES string of the molecule is CN(CC(=O)O)C(=O)CN(C)C(=O)CN(C)C(=O)CN(C)C(=O)CN(C)C(=O)CN(C)C(=O)CN(C)C(=O)CN(C)C(=O)CN(C)C(=O)CN(C)C(=O)[C@H](CCN=[N+]=[N-])NC(=O)COCCOCCN. The summed E-state index contributed by atoms with van der Waals surface area (Å²) in [5.41, 5.74) is 14.0. The van der Waals surface area contributed by atoms with E-state index in [1.807, 2.05) is 0 Å². The van der Waals surface area contributed by atoms with Gasteiger partial charge in [-0.15, -0.1) is 0 Å². The van der Waals surface area contributed by atoms with Crippen LogP contribution in [0.1, 0.15) is 6.42 Å². The monoisotopic (exact) mass is 1000 g/mol. The maximum atomic E-state index is 13.2. The van der Waals surface area contributed by atoms with Crippen molar-refractivity contribution < 1.29 is 72.1 Å². The number of carbonyl (C=O) groups is 12. The van der Waals surface area contributed by atoms with Crippen molar-refractivity contribution >= 4 is 70.9 Å². The zero-order chi connectivity index (χ0) is 53.8. The highest BCUT2D eigenvalue weighted by Crippen LogP contribution is 2.04. The van der Waals surface area contributed by atoms with Gasteiger partial charge in [-0.3, -0.25) is 57.5 Å². The molecule has 0 rings (SSSR count). The number of aliphatic carboxylic acids is 1. The molecular weight excluding hydrogens is 931 g/mol. The van der Waals surface area contributed by atoms with Gasteiger partial charge in [0.15, 0.2) is 0 Å². The molecular formula is C40H69N15O15. The molecule has 0 saturated carbocycles. The van der Waals surface area contributed by atoms with Crippen LogP contribution in [0, 0.1) is 0 Å². The fourth-order valence-electron chi connectivity index (χ4n) is 5.45. The van der Waals surface area contributed by atoms with Crippen LogP contribution >= 0.6 is 0 Å². The van der Waals surface area contributed by atoms with E-state index in [0.29, 0.717) is 13.2 Å². The standard InChI is InChI=1S/C40H69N15O15/c1-46(18-31(58)48(3)20-33(60)50(5)22-35(62)52(7)24-37(64)54(9)26-39(66)67)30(57)17-47(2)32(59)19-49(4)34(61)21-51(6)36(63)23-53(8)38(65)25-55(10)40(68)28(11-13-43-45-42)44-29(56)27-70-16-15-69-14-12-41/h28H,11-27,41H2,1-10H3,(H,44,56)(H,66,67)/t28-/m0/s1. The number of likely N-dealkylation sites (N-methyl/N-ethyl adjacent to an activating group) is 10. The summed E-state index contributed by atoms with van der Waals surface area (Å²) < 4.78 is 10.4. The summed E-state index contributed by atoms with van der Waals surface area (Å²) >= 11 is 0. The minimum Gasteiger partial charge on any atom is -0.480 e. The Balaban J connectivity index is 5.05. The zero-order valence-corrected chi connectivity index (χ0v) is 41.7. The number of azide groups is 1. The highest BCUT2D eigenvalue weighted by Gasteiger charge is 2.28. The third-order valence-electron chi connectivity index (χ3n) is 10.0. The van der Waals surface area contributed by atoms with Crippen molar-refractivity contribution in [2.24, 2.45) is 10.8 Å². The molecule has 0 unspecified atom stereocenters. The Hall–Kier alpha value is -7.17. The minimum atomic E-state index is -1.23. The summed E-state index contributed by atoms with van der Waals surface area (Å²) in [5, 5.41) is 14.7. The summed E-state index contributed by atoms with van der Waals surface area (Å²) in [6, 6.07) is -1.18. The van der Waals surface area contributed by atoms with Gasteiger partial charge < -0.3 is 74.6 Å². The lowest BCUT2D eigenvalue weighted by Gasteiger charge is -2.28. The Morgan fingerprint density at radius 1 is 0.486 bits per heavy atom. The molecule has 394 valence electrons. The lowest BCUT2D eigenvalue weighted by molar-refractivity contribution is -0.147. The van der Waals surface area contributed by atoms with E-state index < -0.39 is 149 Å². The summed E-state index contributed by atoms with van der Waals surface area (Å²) in [6.45, 7) is -4.51. The quantitative estimate of drug-likeness (QED) is 0.0244. The molecule has 1 atom stereocenters. The molecule has 30 nitrogen and oxygen atoms in total. The van der Waals surface area contributed by atoms with Crippen molar-refractivity contribution in [2.75, 3.05) is 175 Å². The third kappa shape index (κ3) is 24.7. The molecule has 30 heteroatoms. The highest BCUT2D eigenvalue weighted by molar-refractivity contribution is 5.94. The number of carboxylic acids is 1. The van der Waals surface area contributed by atoms with Crippen LogP contribution in [0.25, 0.3) is 10.4 Å². The van der Waals surface area contributed by atoms with E-state index in [1.165, 1.54) is 70.5 Å². The Kier molecular flexibility index (Phi) is 29.2. The van der Waals surface area contributed by atoms with Crippen molar-refractivity contribution in [3.63, 3.8) is 0 Å². The Labute approximate surface area is 406 Å². The molecule has 0 aliphatic carbocycles. The van der Waals surface area contributed by atoms with E-state index in [4.69, 9.17) is 25.8 Å². The lowest BCUT2D eigenvalue weighted by atomic mass is 10.1. The maximum absolute atomic E-state index is 13.2. The topological polar surface area (TPSA) is 363 Å². The number of nitrogens with two attached hydrogens (primary N) is 1. The van der Waals surface area contributed by atoms with Crippen LogP contribution < -0.4 is 11.1 Å². The number of ether oxygens (including phenoxy) is 2. The average Bonchev–Trinajstić information content (AvgIpc) is 3.28. The minimum absolute atomic E-state index is 0.0845. The number of carbonyl (C=O) groups excluding carboxylic acids is 11. The molecule has 0 heterocycles. The Morgan fingerprint density at radius 3 is 1.06 bits per heavy atom. The van der Waals surface area contributed by atoms with Gasteiger partial charge in [0, 0.05) is 88.5 Å². The molecule has 0 aromatic carbocycles. The number of hydrogen-bond donors (Lipinski definition) is 3. The van der Waals surface area contributed by atoms with Gasteiger partial charge in [0.1, 0.15) is 19.2 Å². The molecule has 0 bridgehead atoms. The first-order valence-corrected chi connectivity index (χ1v) is 21.4. The van der Waals surface area contributed by atoms with Gasteiger partial charge >= 0.3 is 5.97 Å². The smallest absolute Gasteiger partial charge is 0.323 e. The van der Waals surface area contributed by atoms with E-state index in [0.717, 1.165) is 49.0 Å². The summed E-state index contributed by atoms with van der Waals surface area (Å²) in [7, 11) is 13.0. The first-order chi connectivity index (χ1) is 32.7. The van der Waals surface area contributed by atoms with Crippen LogP contribution in [0.3, 0.4) is 0 Å². The van der Waals surface area contributed by atoms with Gasteiger partial charge in [-0.25, -0.2) is 0 Å². The van der Waals surface area contributed by atoms with Crippen molar-refractivity contribution in [2.45, 2.75) is 12.5 Å². The summed E-state index contributed by atoms with van der Waals surface area (Å²) in [5.74, 6) is -8.44. The van der Waals surface area contributed by atoms with Gasteiger partial charge in [0.05, 0.1) is 78.7 Å². The number of hydrogen-bond acceptors (Lipinski definition) is 16. The van der Waals surface area contributed by atoms with E-state index in [2.05, 4.69) is 15.3 Å². The first kappa shape index (κ1) is 62.8. The second kappa shape index (κ2) is 32.6. The maximum Gasteiger partial charge on any atom is 0.323 e. The molecule has 4 N–H and O–H groups in total. The van der Waals surface area contributed by atoms with Crippen molar-refractivity contribution in [3.8, 4) is 0 Å². The predicted octanol–water partition coefficient (Wildman–Crippen LogP) is -6.17. The van der Waals surface area contributed by atoms with Gasteiger partial charge in [-0.2, -0.15) is 0 Å². The molecule has 0 aliphatic rings. The third-order valence-corrected chi connectivity index (χ3v) is 10.0. The highest BCUT2D eigenvalue weighted by atomic mass is 16.5. The van der Waals surface area contributed by atoms with E-state index >= 15 is 0 Å². The number of rotatable bonds is 32. The largest absolute Gasteiger partial charge is 0.480 e. The molecule has 11 amide bonds. The number of amides is 11. The van der Waals surface area contributed by atoms with Crippen molar-refractivity contribution in [3.05, 3.63) is 10.4 Å². The Bertz CT molecular complexity index is 1920. The van der Waals surface area contributed by atoms with Gasteiger partial charge in [-0.1, -0.05) is 5.11 Å². The Morgan fingerprint density at radius 2 is 0.771 bits per heavy atom. The van der Waals surface area contributed by atoms with Crippen molar-refractivity contribution in [1.82, 2.24) is 54.3 Å². The number of carboxylic acid groups (broad SMARTS) is 1. The molecule has 0 radical (unpaired) electrons.